The van der Waals surface area contributed by atoms with Gasteiger partial charge in [-0.05, 0) is 0 Å². The fraction of sp³-hybridized carbons (Fsp3) is 0.400. The van der Waals surface area contributed by atoms with Crippen molar-refractivity contribution < 1.29 is 49.9 Å². The third kappa shape index (κ3) is 14.0. The molecule has 0 spiro atoms. The van der Waals surface area contributed by atoms with E-state index < -0.39 is 0 Å². The maximum atomic E-state index is 2.20. The van der Waals surface area contributed by atoms with Gasteiger partial charge in [-0.2, -0.15) is 0 Å². The van der Waals surface area contributed by atoms with E-state index >= 15 is 0 Å². The highest BCUT2D eigenvalue weighted by Crippen LogP contribution is 2.05. The Bertz CT molecular complexity index is 480. The second-order valence-corrected chi connectivity index (χ2v) is 7.87. The minimum atomic E-state index is 0. The van der Waals surface area contributed by atoms with E-state index in [0.29, 0.717) is 0 Å². The van der Waals surface area contributed by atoms with Crippen LogP contribution >= 0.6 is 0 Å². The van der Waals surface area contributed by atoms with Gasteiger partial charge in [0.1, 0.15) is 13.1 Å². The van der Waals surface area contributed by atoms with Gasteiger partial charge in [0.15, 0.2) is 0 Å². The number of benzene rings is 2. The Balaban J connectivity index is 0. The van der Waals surface area contributed by atoms with Crippen LogP contribution in [0.4, 0.5) is 0 Å². The maximum absolute atomic E-state index is 2.20. The van der Waals surface area contributed by atoms with Crippen molar-refractivity contribution in [2.45, 2.75) is 13.1 Å². The topological polar surface area (TPSA) is 0 Å². The van der Waals surface area contributed by atoms with Crippen molar-refractivity contribution in [3.63, 3.8) is 0 Å². The van der Waals surface area contributed by atoms with E-state index in [1.54, 1.807) is 0 Å². The van der Waals surface area contributed by atoms with Crippen molar-refractivity contribution >= 4 is 0 Å². The first-order chi connectivity index (χ1) is 10.2. The molecule has 0 unspecified atom stereocenters. The average molecular weight is 507 g/mol. The van der Waals surface area contributed by atoms with E-state index in [1.165, 1.54) is 11.1 Å². The van der Waals surface area contributed by atoms with Crippen LogP contribution < -0.4 is 41.0 Å². The zero-order chi connectivity index (χ0) is 16.6. The standard InChI is InChI=1S/2C10H16N.BrH.HI/c2*1-11(2,3)9-10-7-5-4-6-8-10;;/h2*4-8H,9H2,1-3H3;2*1H/q2*+1;;/p-2. The van der Waals surface area contributed by atoms with Crippen molar-refractivity contribution in [3.8, 4) is 0 Å². The molecule has 24 heavy (non-hydrogen) atoms. The Morgan fingerprint density at radius 1 is 0.542 bits per heavy atom. The van der Waals surface area contributed by atoms with Gasteiger partial charge in [0.05, 0.1) is 42.3 Å². The molecule has 0 aromatic heterocycles. The Kier molecular flexibility index (Phi) is 12.9. The van der Waals surface area contributed by atoms with E-state index in [4.69, 9.17) is 0 Å². The highest BCUT2D eigenvalue weighted by molar-refractivity contribution is 5.13. The zero-order valence-corrected chi connectivity index (χ0v) is 19.6. The molecule has 2 nitrogen and oxygen atoms in total. The van der Waals surface area contributed by atoms with Crippen LogP contribution in [-0.4, -0.2) is 51.3 Å². The summed E-state index contributed by atoms with van der Waals surface area (Å²) in [5, 5.41) is 0. The number of hydrogen-bond acceptors (Lipinski definition) is 0. The molecule has 2 rings (SSSR count). The molecule has 0 saturated heterocycles. The molecule has 2 aromatic carbocycles. The van der Waals surface area contributed by atoms with E-state index in [2.05, 4.69) is 103 Å². The summed E-state index contributed by atoms with van der Waals surface area (Å²) in [6.07, 6.45) is 0. The lowest BCUT2D eigenvalue weighted by Crippen LogP contribution is -3.00. The summed E-state index contributed by atoms with van der Waals surface area (Å²) in [6, 6.07) is 21.1. The fourth-order valence-corrected chi connectivity index (χ4v) is 2.26. The molecule has 0 amide bonds. The van der Waals surface area contributed by atoms with Gasteiger partial charge >= 0.3 is 0 Å². The normalized spacial score (nSPS) is 10.6. The van der Waals surface area contributed by atoms with E-state index in [-0.39, 0.29) is 41.0 Å². The van der Waals surface area contributed by atoms with Crippen LogP contribution in [-0.2, 0) is 13.1 Å². The monoisotopic (exact) mass is 506 g/mol. The lowest BCUT2D eigenvalue weighted by Gasteiger charge is -2.23. The number of nitrogens with zero attached hydrogens (tertiary/aromatic N) is 2. The van der Waals surface area contributed by atoms with Crippen LogP contribution in [0.25, 0.3) is 0 Å². The molecule has 2 aromatic rings. The molecule has 4 heteroatoms. The van der Waals surface area contributed by atoms with Crippen LogP contribution in [0.2, 0.25) is 0 Å². The second-order valence-electron chi connectivity index (χ2n) is 7.87. The molecule has 0 fully saturated rings. The molecular weight excluding hydrogens is 475 g/mol. The molecule has 0 aliphatic carbocycles. The summed E-state index contributed by atoms with van der Waals surface area (Å²) in [6.45, 7) is 2.20. The van der Waals surface area contributed by atoms with Crippen LogP contribution in [0.5, 0.6) is 0 Å². The largest absolute Gasteiger partial charge is 1.00 e. The Labute approximate surface area is 176 Å². The highest BCUT2D eigenvalue weighted by atomic mass is 127. The predicted molar refractivity (Wildman–Crippen MR) is 96.4 cm³/mol. The highest BCUT2D eigenvalue weighted by Gasteiger charge is 2.07. The van der Waals surface area contributed by atoms with Gasteiger partial charge in [-0.15, -0.1) is 0 Å². The minimum Gasteiger partial charge on any atom is -1.00 e. The number of hydrogen-bond donors (Lipinski definition) is 0. The lowest BCUT2D eigenvalue weighted by molar-refractivity contribution is -0.884. The average Bonchev–Trinajstić information content (AvgIpc) is 2.38. The lowest BCUT2D eigenvalue weighted by atomic mass is 10.2. The van der Waals surface area contributed by atoms with Crippen LogP contribution in [0.15, 0.2) is 60.7 Å². The summed E-state index contributed by atoms with van der Waals surface area (Å²) in [7, 11) is 13.2. The molecule has 0 atom stereocenters. The smallest absolute Gasteiger partial charge is 0.104 e. The molecule has 0 aliphatic heterocycles. The summed E-state index contributed by atoms with van der Waals surface area (Å²) >= 11 is 0. The Hall–Kier alpha value is -0.430. The number of quaternary nitrogens is 2. The molecule has 0 radical (unpaired) electrons. The molecule has 0 heterocycles. The quantitative estimate of drug-likeness (QED) is 0.326. The summed E-state index contributed by atoms with van der Waals surface area (Å²) in [4.78, 5) is 0. The van der Waals surface area contributed by atoms with Gasteiger partial charge < -0.3 is 49.9 Å². The van der Waals surface area contributed by atoms with E-state index in [1.807, 2.05) is 0 Å². The minimum absolute atomic E-state index is 0. The van der Waals surface area contributed by atoms with Gasteiger partial charge in [0.25, 0.3) is 0 Å². The summed E-state index contributed by atoms with van der Waals surface area (Å²) in [5.74, 6) is 0. The third-order valence-corrected chi connectivity index (χ3v) is 3.00. The van der Waals surface area contributed by atoms with Gasteiger partial charge in [-0.1, -0.05) is 60.7 Å². The van der Waals surface area contributed by atoms with Gasteiger partial charge in [0.2, 0.25) is 0 Å². The van der Waals surface area contributed by atoms with Crippen molar-refractivity contribution in [1.82, 2.24) is 0 Å². The molecule has 0 aliphatic rings. The van der Waals surface area contributed by atoms with Crippen LogP contribution in [0.1, 0.15) is 11.1 Å². The Morgan fingerprint density at radius 3 is 1.00 bits per heavy atom. The third-order valence-electron chi connectivity index (χ3n) is 3.00. The fourth-order valence-electron chi connectivity index (χ4n) is 2.26. The number of halogens is 2. The van der Waals surface area contributed by atoms with Gasteiger partial charge in [0, 0.05) is 11.1 Å². The first-order valence-corrected chi connectivity index (χ1v) is 7.84. The van der Waals surface area contributed by atoms with Crippen molar-refractivity contribution in [3.05, 3.63) is 71.8 Å². The Morgan fingerprint density at radius 2 is 0.792 bits per heavy atom. The first kappa shape index (κ1) is 25.8. The van der Waals surface area contributed by atoms with Crippen molar-refractivity contribution in [2.75, 3.05) is 42.3 Å². The summed E-state index contributed by atoms with van der Waals surface area (Å²) < 4.78 is 1.98. The molecule has 0 saturated carbocycles. The molecular formula is C20H32BrIN2. The molecule has 0 bridgehead atoms. The zero-order valence-electron chi connectivity index (χ0n) is 15.8. The van der Waals surface area contributed by atoms with E-state index in [9.17, 15) is 0 Å². The summed E-state index contributed by atoms with van der Waals surface area (Å²) in [5.41, 5.74) is 2.81. The first-order valence-electron chi connectivity index (χ1n) is 7.84. The van der Waals surface area contributed by atoms with Crippen molar-refractivity contribution in [2.24, 2.45) is 0 Å². The van der Waals surface area contributed by atoms with Crippen LogP contribution in [0, 0.1) is 0 Å². The maximum Gasteiger partial charge on any atom is 0.104 e. The van der Waals surface area contributed by atoms with Gasteiger partial charge in [-0.25, -0.2) is 0 Å². The number of rotatable bonds is 4. The SMILES string of the molecule is C[N+](C)(C)Cc1ccccc1.C[N+](C)(C)Cc1ccccc1.[Br-].[I-]. The van der Waals surface area contributed by atoms with Crippen LogP contribution in [0.3, 0.4) is 0 Å². The second kappa shape index (κ2) is 12.0. The van der Waals surface area contributed by atoms with Crippen molar-refractivity contribution in [1.29, 1.82) is 0 Å². The predicted octanol–water partition coefficient (Wildman–Crippen LogP) is -2.21. The molecule has 136 valence electrons. The molecule has 0 N–H and O–H groups in total. The van der Waals surface area contributed by atoms with E-state index in [0.717, 1.165) is 22.1 Å². The van der Waals surface area contributed by atoms with Gasteiger partial charge in [-0.3, -0.25) is 0 Å².